The molecule has 0 fully saturated rings. The van der Waals surface area contributed by atoms with E-state index in [0.717, 1.165) is 5.75 Å². The van der Waals surface area contributed by atoms with E-state index in [1.165, 1.54) is 11.0 Å². The molecule has 0 atom stereocenters. The highest BCUT2D eigenvalue weighted by Gasteiger charge is 2.38. The molecule has 0 bridgehead atoms. The first-order chi connectivity index (χ1) is 14.4. The second kappa shape index (κ2) is 9.31. The number of rotatable bonds is 9. The van der Waals surface area contributed by atoms with Gasteiger partial charge in [-0.25, -0.2) is 0 Å². The van der Waals surface area contributed by atoms with E-state index in [-0.39, 0.29) is 30.2 Å². The lowest BCUT2D eigenvalue weighted by molar-refractivity contribution is -0.136. The monoisotopic (exact) mass is 406 g/mol. The van der Waals surface area contributed by atoms with Crippen molar-refractivity contribution < 1.29 is 19.1 Å². The first kappa shape index (κ1) is 21.2. The summed E-state index contributed by atoms with van der Waals surface area (Å²) in [4.78, 5) is 27.2. The molecule has 0 aliphatic carbocycles. The van der Waals surface area contributed by atoms with Gasteiger partial charge in [-0.1, -0.05) is 18.2 Å². The van der Waals surface area contributed by atoms with Crippen molar-refractivity contribution >= 4 is 23.1 Å². The lowest BCUT2D eigenvalue weighted by Gasteiger charge is -2.12. The standard InChI is InChI=1S/C24H26N2O4/c1-5-15-26-23(27)21(17-7-11-20(12-8-17)30-16(3)4)22(24(26)28)25-18-9-13-19(14-10-18)29-6-2/h5,7-14,16,25H,1,6,15H2,2-4H3. The molecule has 1 N–H and O–H groups in total. The van der Waals surface area contributed by atoms with Crippen LogP contribution >= 0.6 is 0 Å². The lowest BCUT2D eigenvalue weighted by Crippen LogP contribution is -2.32. The van der Waals surface area contributed by atoms with Gasteiger partial charge in [-0.05, 0) is 62.7 Å². The Hall–Kier alpha value is -3.54. The van der Waals surface area contributed by atoms with E-state index >= 15 is 0 Å². The summed E-state index contributed by atoms with van der Waals surface area (Å²) in [5.41, 5.74) is 1.90. The number of carbonyl (C=O) groups excluding carboxylic acids is 2. The Morgan fingerprint density at radius 3 is 2.20 bits per heavy atom. The van der Waals surface area contributed by atoms with E-state index < -0.39 is 0 Å². The Bertz CT molecular complexity index is 960. The predicted octanol–water partition coefficient (Wildman–Crippen LogP) is 4.25. The van der Waals surface area contributed by atoms with Gasteiger partial charge in [0.2, 0.25) is 0 Å². The molecule has 1 aliphatic rings. The summed E-state index contributed by atoms with van der Waals surface area (Å²) in [6.45, 7) is 10.2. The number of nitrogens with zero attached hydrogens (tertiary/aromatic N) is 1. The Balaban J connectivity index is 1.96. The van der Waals surface area contributed by atoms with Crippen molar-refractivity contribution in [2.45, 2.75) is 26.9 Å². The van der Waals surface area contributed by atoms with Crippen molar-refractivity contribution in [2.24, 2.45) is 0 Å². The molecule has 3 rings (SSSR count). The van der Waals surface area contributed by atoms with Crippen LogP contribution in [0.4, 0.5) is 5.69 Å². The third-order valence-electron chi connectivity index (χ3n) is 4.43. The SMILES string of the molecule is C=CCN1C(=O)C(Nc2ccc(OCC)cc2)=C(c2ccc(OC(C)C)cc2)C1=O. The Morgan fingerprint density at radius 1 is 1.00 bits per heavy atom. The average Bonchev–Trinajstić information content (AvgIpc) is 2.94. The minimum atomic E-state index is -0.383. The molecule has 0 unspecified atom stereocenters. The van der Waals surface area contributed by atoms with Crippen molar-refractivity contribution in [3.8, 4) is 11.5 Å². The first-order valence-electron chi connectivity index (χ1n) is 9.93. The van der Waals surface area contributed by atoms with Gasteiger partial charge in [-0.2, -0.15) is 0 Å². The zero-order chi connectivity index (χ0) is 21.7. The van der Waals surface area contributed by atoms with Crippen LogP contribution in [0, 0.1) is 0 Å². The highest BCUT2D eigenvalue weighted by molar-refractivity contribution is 6.36. The third kappa shape index (κ3) is 4.54. The fourth-order valence-electron chi connectivity index (χ4n) is 3.17. The summed E-state index contributed by atoms with van der Waals surface area (Å²) in [5, 5.41) is 3.12. The highest BCUT2D eigenvalue weighted by atomic mass is 16.5. The molecule has 30 heavy (non-hydrogen) atoms. The number of carbonyl (C=O) groups is 2. The molecule has 0 saturated carbocycles. The maximum atomic E-state index is 13.0. The number of ether oxygens (including phenoxy) is 2. The van der Waals surface area contributed by atoms with E-state index in [1.54, 1.807) is 24.3 Å². The van der Waals surface area contributed by atoms with Gasteiger partial charge in [0.05, 0.1) is 18.3 Å². The smallest absolute Gasteiger partial charge is 0.278 e. The predicted molar refractivity (Wildman–Crippen MR) is 117 cm³/mol. The summed E-state index contributed by atoms with van der Waals surface area (Å²) in [5.74, 6) is 0.701. The molecule has 6 nitrogen and oxygen atoms in total. The molecule has 0 spiro atoms. The number of imide groups is 1. The van der Waals surface area contributed by atoms with E-state index in [4.69, 9.17) is 9.47 Å². The van der Waals surface area contributed by atoms with E-state index in [2.05, 4.69) is 11.9 Å². The Labute approximate surface area is 176 Å². The van der Waals surface area contributed by atoms with Gasteiger partial charge in [0.25, 0.3) is 11.8 Å². The number of hydrogen-bond acceptors (Lipinski definition) is 5. The van der Waals surface area contributed by atoms with Crippen LogP contribution in [0.2, 0.25) is 0 Å². The van der Waals surface area contributed by atoms with Crippen LogP contribution in [0.1, 0.15) is 26.3 Å². The van der Waals surface area contributed by atoms with E-state index in [9.17, 15) is 9.59 Å². The first-order valence-corrected chi connectivity index (χ1v) is 9.93. The Morgan fingerprint density at radius 2 is 1.63 bits per heavy atom. The lowest BCUT2D eigenvalue weighted by atomic mass is 10.0. The quantitative estimate of drug-likeness (QED) is 0.498. The number of amides is 2. The van der Waals surface area contributed by atoms with Crippen molar-refractivity contribution in [3.05, 3.63) is 72.4 Å². The molecular formula is C24H26N2O4. The minimum Gasteiger partial charge on any atom is -0.494 e. The fourth-order valence-corrected chi connectivity index (χ4v) is 3.17. The number of benzene rings is 2. The van der Waals surface area contributed by atoms with Crippen LogP contribution < -0.4 is 14.8 Å². The van der Waals surface area contributed by atoms with Gasteiger partial charge < -0.3 is 14.8 Å². The number of hydrogen-bond donors (Lipinski definition) is 1. The number of nitrogens with one attached hydrogen (secondary N) is 1. The van der Waals surface area contributed by atoms with Crippen molar-refractivity contribution in [2.75, 3.05) is 18.5 Å². The molecule has 2 aromatic rings. The summed E-state index contributed by atoms with van der Waals surface area (Å²) >= 11 is 0. The maximum Gasteiger partial charge on any atom is 0.278 e. The summed E-state index contributed by atoms with van der Waals surface area (Å²) in [7, 11) is 0. The van der Waals surface area contributed by atoms with Crippen molar-refractivity contribution in [3.63, 3.8) is 0 Å². The second-order valence-corrected chi connectivity index (χ2v) is 7.03. The summed E-state index contributed by atoms with van der Waals surface area (Å²) < 4.78 is 11.1. The van der Waals surface area contributed by atoms with Crippen LogP contribution in [0.25, 0.3) is 5.57 Å². The molecule has 1 aliphatic heterocycles. The molecule has 0 saturated heterocycles. The molecule has 2 amide bonds. The fraction of sp³-hybridized carbons (Fsp3) is 0.250. The van der Waals surface area contributed by atoms with Gasteiger partial charge >= 0.3 is 0 Å². The largest absolute Gasteiger partial charge is 0.494 e. The van der Waals surface area contributed by atoms with Gasteiger partial charge in [0.1, 0.15) is 17.2 Å². The molecule has 2 aromatic carbocycles. The van der Waals surface area contributed by atoms with E-state index in [0.29, 0.717) is 29.2 Å². The summed E-state index contributed by atoms with van der Waals surface area (Å²) in [6, 6.07) is 14.4. The topological polar surface area (TPSA) is 67.9 Å². The van der Waals surface area contributed by atoms with Crippen LogP contribution in [-0.4, -0.2) is 36.0 Å². The highest BCUT2D eigenvalue weighted by Crippen LogP contribution is 2.31. The third-order valence-corrected chi connectivity index (χ3v) is 4.43. The molecule has 6 heteroatoms. The zero-order valence-corrected chi connectivity index (χ0v) is 17.5. The number of anilines is 1. The van der Waals surface area contributed by atoms with Gasteiger partial charge in [0.15, 0.2) is 0 Å². The summed E-state index contributed by atoms with van der Waals surface area (Å²) in [6.07, 6.45) is 1.58. The second-order valence-electron chi connectivity index (χ2n) is 7.03. The van der Waals surface area contributed by atoms with Gasteiger partial charge in [-0.3, -0.25) is 14.5 Å². The maximum absolute atomic E-state index is 13.0. The molecule has 0 radical (unpaired) electrons. The van der Waals surface area contributed by atoms with Gasteiger partial charge in [-0.15, -0.1) is 6.58 Å². The molecule has 0 aromatic heterocycles. The molecule has 1 heterocycles. The van der Waals surface area contributed by atoms with Crippen molar-refractivity contribution in [1.29, 1.82) is 0 Å². The van der Waals surface area contributed by atoms with Crippen LogP contribution in [-0.2, 0) is 9.59 Å². The average molecular weight is 406 g/mol. The van der Waals surface area contributed by atoms with Gasteiger partial charge in [0, 0.05) is 12.2 Å². The van der Waals surface area contributed by atoms with Crippen molar-refractivity contribution in [1.82, 2.24) is 4.90 Å². The zero-order valence-electron chi connectivity index (χ0n) is 17.5. The van der Waals surface area contributed by atoms with Crippen LogP contribution in [0.3, 0.4) is 0 Å². The Kier molecular flexibility index (Phi) is 6.57. The molecule has 156 valence electrons. The van der Waals surface area contributed by atoms with Crippen LogP contribution in [0.5, 0.6) is 11.5 Å². The van der Waals surface area contributed by atoms with E-state index in [1.807, 2.05) is 45.0 Å². The minimum absolute atomic E-state index is 0.0460. The molecular weight excluding hydrogens is 380 g/mol. The normalized spacial score (nSPS) is 13.8. The van der Waals surface area contributed by atoms with Crippen LogP contribution in [0.15, 0.2) is 66.9 Å².